The van der Waals surface area contributed by atoms with Crippen LogP contribution in [0.15, 0.2) is 73.1 Å². The lowest BCUT2D eigenvalue weighted by Crippen LogP contribution is -2.19. The SMILES string of the molecule is CC(C)n1c2ccccc2c2cc(CNCCCCNCc3cc4c5ccccc5n(C(C)C)c4cn3)ncc21. The number of pyridine rings is 2. The van der Waals surface area contributed by atoms with Crippen LogP contribution in [0.1, 0.15) is 64.0 Å². The van der Waals surface area contributed by atoms with E-state index in [2.05, 4.69) is 108 Å². The third-order valence-corrected chi connectivity index (χ3v) is 7.91. The molecular weight excluding hydrogens is 492 g/mol. The van der Waals surface area contributed by atoms with Gasteiger partial charge in [0.25, 0.3) is 0 Å². The Morgan fingerprint density at radius 1 is 0.575 bits per heavy atom. The quantitative estimate of drug-likeness (QED) is 0.170. The van der Waals surface area contributed by atoms with Crippen LogP contribution in [0.4, 0.5) is 0 Å². The Labute approximate surface area is 236 Å². The van der Waals surface area contributed by atoms with Gasteiger partial charge in [0.2, 0.25) is 0 Å². The lowest BCUT2D eigenvalue weighted by molar-refractivity contribution is 0.576. The van der Waals surface area contributed by atoms with Gasteiger partial charge in [-0.05, 0) is 77.9 Å². The summed E-state index contributed by atoms with van der Waals surface area (Å²) in [7, 11) is 0. The van der Waals surface area contributed by atoms with Gasteiger partial charge < -0.3 is 19.8 Å². The van der Waals surface area contributed by atoms with Crippen LogP contribution in [0.2, 0.25) is 0 Å². The van der Waals surface area contributed by atoms with Crippen molar-refractivity contribution in [2.24, 2.45) is 0 Å². The second kappa shape index (κ2) is 11.4. The summed E-state index contributed by atoms with van der Waals surface area (Å²) < 4.78 is 4.78. The van der Waals surface area contributed by atoms with Gasteiger partial charge in [-0.15, -0.1) is 0 Å². The number of unbranched alkanes of at least 4 members (excludes halogenated alkanes) is 1. The number of aromatic nitrogens is 4. The van der Waals surface area contributed by atoms with Crippen molar-refractivity contribution in [2.75, 3.05) is 13.1 Å². The van der Waals surface area contributed by atoms with E-state index in [0.29, 0.717) is 12.1 Å². The molecule has 0 atom stereocenters. The first-order chi connectivity index (χ1) is 19.5. The molecule has 4 heterocycles. The van der Waals surface area contributed by atoms with E-state index in [-0.39, 0.29) is 0 Å². The molecule has 2 N–H and O–H groups in total. The molecule has 6 nitrogen and oxygen atoms in total. The highest BCUT2D eigenvalue weighted by Gasteiger charge is 2.14. The van der Waals surface area contributed by atoms with Crippen molar-refractivity contribution < 1.29 is 0 Å². The molecule has 6 aromatic rings. The lowest BCUT2D eigenvalue weighted by Gasteiger charge is -2.11. The summed E-state index contributed by atoms with van der Waals surface area (Å²) in [4.78, 5) is 9.55. The van der Waals surface area contributed by atoms with Crippen LogP contribution in [0.5, 0.6) is 0 Å². The predicted molar refractivity (Wildman–Crippen MR) is 168 cm³/mol. The van der Waals surface area contributed by atoms with Crippen LogP contribution < -0.4 is 10.6 Å². The van der Waals surface area contributed by atoms with Crippen LogP contribution in [0, 0.1) is 0 Å². The minimum Gasteiger partial charge on any atom is -0.337 e. The number of rotatable bonds is 11. The maximum Gasteiger partial charge on any atom is 0.0680 e. The molecule has 40 heavy (non-hydrogen) atoms. The first-order valence-corrected chi connectivity index (χ1v) is 14.7. The molecule has 2 aromatic carbocycles. The number of hydrogen-bond acceptors (Lipinski definition) is 4. The summed E-state index contributed by atoms with van der Waals surface area (Å²) in [5.41, 5.74) is 7.18. The Hall–Kier alpha value is -3.74. The van der Waals surface area contributed by atoms with Gasteiger partial charge in [0.1, 0.15) is 0 Å². The molecule has 0 bridgehead atoms. The molecule has 0 saturated carbocycles. The predicted octanol–water partition coefficient (Wildman–Crippen LogP) is 7.51. The van der Waals surface area contributed by atoms with Crippen molar-refractivity contribution in [3.63, 3.8) is 0 Å². The van der Waals surface area contributed by atoms with E-state index >= 15 is 0 Å². The molecule has 0 radical (unpaired) electrons. The van der Waals surface area contributed by atoms with E-state index in [1.165, 1.54) is 43.6 Å². The number of nitrogens with zero attached hydrogens (tertiary/aromatic N) is 4. The number of hydrogen-bond donors (Lipinski definition) is 2. The fraction of sp³-hybridized carbons (Fsp3) is 0.353. The van der Waals surface area contributed by atoms with Crippen molar-refractivity contribution in [1.82, 2.24) is 29.7 Å². The highest BCUT2D eigenvalue weighted by atomic mass is 15.0. The Kier molecular flexibility index (Phi) is 7.55. The zero-order chi connectivity index (χ0) is 27.6. The van der Waals surface area contributed by atoms with E-state index in [9.17, 15) is 0 Å². The summed E-state index contributed by atoms with van der Waals surface area (Å²) in [6.45, 7) is 12.5. The number of benzene rings is 2. The van der Waals surface area contributed by atoms with Crippen molar-refractivity contribution in [3.8, 4) is 0 Å². The van der Waals surface area contributed by atoms with Gasteiger partial charge in [-0.2, -0.15) is 0 Å². The van der Waals surface area contributed by atoms with Crippen LogP contribution in [0.25, 0.3) is 43.6 Å². The smallest absolute Gasteiger partial charge is 0.0680 e. The van der Waals surface area contributed by atoms with Gasteiger partial charge in [-0.3, -0.25) is 9.97 Å². The van der Waals surface area contributed by atoms with Gasteiger partial charge in [-0.1, -0.05) is 36.4 Å². The normalized spacial score (nSPS) is 12.2. The van der Waals surface area contributed by atoms with E-state index in [1.807, 2.05) is 12.4 Å². The van der Waals surface area contributed by atoms with Gasteiger partial charge in [0, 0.05) is 57.8 Å². The van der Waals surface area contributed by atoms with E-state index in [1.54, 1.807) is 0 Å². The zero-order valence-electron chi connectivity index (χ0n) is 24.1. The average Bonchev–Trinajstić information content (AvgIpc) is 3.47. The van der Waals surface area contributed by atoms with Gasteiger partial charge in [0.05, 0.1) is 34.8 Å². The molecule has 4 aromatic heterocycles. The number of nitrogens with one attached hydrogen (secondary N) is 2. The molecule has 6 rings (SSSR count). The molecule has 6 heteroatoms. The fourth-order valence-electron chi connectivity index (χ4n) is 6.12. The largest absolute Gasteiger partial charge is 0.337 e. The summed E-state index contributed by atoms with van der Waals surface area (Å²) in [6.07, 6.45) is 6.33. The minimum absolute atomic E-state index is 0.396. The fourth-order valence-corrected chi connectivity index (χ4v) is 6.12. The lowest BCUT2D eigenvalue weighted by atomic mass is 10.1. The summed E-state index contributed by atoms with van der Waals surface area (Å²) in [6, 6.07) is 22.6. The first-order valence-electron chi connectivity index (χ1n) is 14.7. The Morgan fingerprint density at radius 3 is 1.43 bits per heavy atom. The van der Waals surface area contributed by atoms with E-state index in [4.69, 9.17) is 9.97 Å². The minimum atomic E-state index is 0.396. The molecule has 0 amide bonds. The number of para-hydroxylation sites is 2. The second-order valence-corrected chi connectivity index (χ2v) is 11.4. The molecule has 0 aliphatic heterocycles. The Balaban J connectivity index is 0.994. The summed E-state index contributed by atoms with van der Waals surface area (Å²) in [5, 5.41) is 12.4. The topological polar surface area (TPSA) is 59.7 Å². The third-order valence-electron chi connectivity index (χ3n) is 7.91. The van der Waals surface area contributed by atoms with Crippen molar-refractivity contribution in [2.45, 2.75) is 65.7 Å². The zero-order valence-corrected chi connectivity index (χ0v) is 24.1. The Morgan fingerprint density at radius 2 is 1.00 bits per heavy atom. The molecule has 0 unspecified atom stereocenters. The third kappa shape index (κ3) is 4.98. The van der Waals surface area contributed by atoms with Crippen molar-refractivity contribution in [1.29, 1.82) is 0 Å². The summed E-state index contributed by atoms with van der Waals surface area (Å²) >= 11 is 0. The van der Waals surface area contributed by atoms with Crippen LogP contribution >= 0.6 is 0 Å². The standard InChI is InChI=1S/C34H40N6/c1-23(2)39-31-13-7-5-11-27(31)29-17-25(37-21-33(29)39)19-35-15-9-10-16-36-20-26-18-30-28-12-6-8-14-32(28)40(24(3)4)34(30)22-38-26/h5-8,11-14,17-18,21-24,35-36H,9-10,15-16,19-20H2,1-4H3. The van der Waals surface area contributed by atoms with Crippen molar-refractivity contribution in [3.05, 3.63) is 84.4 Å². The molecule has 206 valence electrons. The van der Waals surface area contributed by atoms with Crippen molar-refractivity contribution >= 4 is 43.6 Å². The average molecular weight is 533 g/mol. The van der Waals surface area contributed by atoms with E-state index in [0.717, 1.165) is 50.4 Å². The molecule has 0 fully saturated rings. The first kappa shape index (κ1) is 26.5. The summed E-state index contributed by atoms with van der Waals surface area (Å²) in [5.74, 6) is 0. The van der Waals surface area contributed by atoms with Gasteiger partial charge in [-0.25, -0.2) is 0 Å². The van der Waals surface area contributed by atoms with Gasteiger partial charge in [0.15, 0.2) is 0 Å². The molecule has 0 aliphatic rings. The Bertz CT molecular complexity index is 1640. The van der Waals surface area contributed by atoms with Crippen LogP contribution in [0.3, 0.4) is 0 Å². The maximum atomic E-state index is 4.77. The highest BCUT2D eigenvalue weighted by Crippen LogP contribution is 2.32. The highest BCUT2D eigenvalue weighted by molar-refractivity contribution is 6.08. The molecule has 0 aliphatic carbocycles. The van der Waals surface area contributed by atoms with Crippen LogP contribution in [-0.4, -0.2) is 32.2 Å². The van der Waals surface area contributed by atoms with E-state index < -0.39 is 0 Å². The van der Waals surface area contributed by atoms with Crippen LogP contribution in [-0.2, 0) is 13.1 Å². The molecule has 0 saturated heterocycles. The second-order valence-electron chi connectivity index (χ2n) is 11.4. The molecule has 0 spiro atoms. The van der Waals surface area contributed by atoms with Gasteiger partial charge >= 0.3 is 0 Å². The molecular formula is C34H40N6. The monoisotopic (exact) mass is 532 g/mol. The number of fused-ring (bicyclic) bond motifs is 6. The maximum absolute atomic E-state index is 4.77.